The van der Waals surface area contributed by atoms with Crippen molar-refractivity contribution in [2.45, 2.75) is 37.9 Å². The van der Waals surface area contributed by atoms with Crippen LogP contribution in [0.2, 0.25) is 0 Å². The zero-order valence-electron chi connectivity index (χ0n) is 18.5. The van der Waals surface area contributed by atoms with E-state index >= 15 is 0 Å². The molecule has 1 aromatic carbocycles. The number of carbonyl (C=O) groups excluding carboxylic acids is 2. The van der Waals surface area contributed by atoms with Crippen molar-refractivity contribution < 1.29 is 14.7 Å². The van der Waals surface area contributed by atoms with E-state index in [9.17, 15) is 19.5 Å². The Hall–Kier alpha value is -2.93. The van der Waals surface area contributed by atoms with Crippen molar-refractivity contribution in [2.75, 3.05) is 20.7 Å². The number of fused-ring (bicyclic) bond motifs is 4. The van der Waals surface area contributed by atoms with Gasteiger partial charge in [-0.05, 0) is 30.5 Å². The number of hydrogen-bond donors (Lipinski definition) is 1. The van der Waals surface area contributed by atoms with Gasteiger partial charge in [0.25, 0.3) is 5.56 Å². The van der Waals surface area contributed by atoms with Crippen molar-refractivity contribution >= 4 is 11.8 Å². The van der Waals surface area contributed by atoms with Crippen molar-refractivity contribution in [2.24, 2.45) is 17.8 Å². The van der Waals surface area contributed by atoms with Crippen LogP contribution in [-0.4, -0.2) is 58.0 Å². The monoisotopic (exact) mass is 435 g/mol. The average molecular weight is 436 g/mol. The third-order valence-electron chi connectivity index (χ3n) is 7.56. The Balaban J connectivity index is 1.66. The fourth-order valence-corrected chi connectivity index (χ4v) is 5.69. The highest BCUT2D eigenvalue weighted by atomic mass is 16.3. The van der Waals surface area contributed by atoms with Gasteiger partial charge in [-0.2, -0.15) is 0 Å². The summed E-state index contributed by atoms with van der Waals surface area (Å²) in [6.07, 6.45) is 2.77. The van der Waals surface area contributed by atoms with Gasteiger partial charge < -0.3 is 19.5 Å². The van der Waals surface area contributed by atoms with Gasteiger partial charge in [-0.1, -0.05) is 36.8 Å². The van der Waals surface area contributed by atoms with Gasteiger partial charge in [-0.25, -0.2) is 0 Å². The average Bonchev–Trinajstić information content (AvgIpc) is 2.99. The highest BCUT2D eigenvalue weighted by molar-refractivity contribution is 5.85. The number of aliphatic hydroxyl groups excluding tert-OH is 1. The number of nitrogens with zero attached hydrogens (tertiary/aromatic N) is 3. The Morgan fingerprint density at radius 3 is 2.41 bits per heavy atom. The molecule has 3 aliphatic rings. The largest absolute Gasteiger partial charge is 0.396 e. The molecule has 0 unspecified atom stereocenters. The summed E-state index contributed by atoms with van der Waals surface area (Å²) in [5.41, 5.74) is 2.01. The van der Waals surface area contributed by atoms with Crippen molar-refractivity contribution in [3.8, 4) is 11.1 Å². The summed E-state index contributed by atoms with van der Waals surface area (Å²) in [5.74, 6) is -1.05. The third-order valence-corrected chi connectivity index (χ3v) is 7.56. The molecule has 1 aliphatic carbocycles. The van der Waals surface area contributed by atoms with E-state index in [4.69, 9.17) is 0 Å². The van der Waals surface area contributed by atoms with Crippen LogP contribution < -0.4 is 5.56 Å². The lowest BCUT2D eigenvalue weighted by Crippen LogP contribution is -2.51. The predicted octanol–water partition coefficient (Wildman–Crippen LogP) is 1.89. The fourth-order valence-electron chi connectivity index (χ4n) is 5.69. The number of rotatable bonds is 4. The van der Waals surface area contributed by atoms with Crippen molar-refractivity contribution in [3.63, 3.8) is 0 Å². The normalized spacial score (nSPS) is 26.4. The molecular weight excluding hydrogens is 406 g/mol. The van der Waals surface area contributed by atoms with E-state index in [0.717, 1.165) is 24.8 Å². The minimum atomic E-state index is -0.570. The number of aliphatic hydroxyl groups is 1. The van der Waals surface area contributed by atoms with Gasteiger partial charge in [-0.3, -0.25) is 14.4 Å². The molecule has 2 aliphatic heterocycles. The number of carbonyl (C=O) groups is 2. The first-order chi connectivity index (χ1) is 15.4. The number of amides is 2. The van der Waals surface area contributed by atoms with E-state index in [1.807, 2.05) is 41.3 Å². The zero-order valence-corrected chi connectivity index (χ0v) is 18.5. The van der Waals surface area contributed by atoms with E-state index in [1.54, 1.807) is 24.7 Å². The summed E-state index contributed by atoms with van der Waals surface area (Å²) in [7, 11) is 3.39. The smallest absolute Gasteiger partial charge is 0.258 e. The highest BCUT2D eigenvalue weighted by Crippen LogP contribution is 2.50. The molecule has 2 fully saturated rings. The van der Waals surface area contributed by atoms with E-state index in [2.05, 4.69) is 0 Å². The Morgan fingerprint density at radius 1 is 1.09 bits per heavy atom. The summed E-state index contributed by atoms with van der Waals surface area (Å²) in [6, 6.07) is 12.3. The van der Waals surface area contributed by atoms with Crippen LogP contribution in [0.25, 0.3) is 11.1 Å². The Morgan fingerprint density at radius 2 is 1.81 bits per heavy atom. The van der Waals surface area contributed by atoms with Crippen molar-refractivity contribution in [1.29, 1.82) is 0 Å². The molecule has 1 aromatic heterocycles. The van der Waals surface area contributed by atoms with Gasteiger partial charge in [0.1, 0.15) is 0 Å². The second-order valence-electron chi connectivity index (χ2n) is 9.44. The maximum absolute atomic E-state index is 13.5. The number of aromatic nitrogens is 1. The summed E-state index contributed by atoms with van der Waals surface area (Å²) < 4.78 is 1.73. The van der Waals surface area contributed by atoms with E-state index in [1.165, 1.54) is 4.90 Å². The van der Waals surface area contributed by atoms with Crippen molar-refractivity contribution in [3.05, 3.63) is 58.5 Å². The lowest BCUT2D eigenvalue weighted by Gasteiger charge is -2.41. The van der Waals surface area contributed by atoms with Gasteiger partial charge in [0, 0.05) is 50.3 Å². The standard InChI is InChI=1S/C25H29N3O4/c1-26(2)25(32)21-18(14-29)20-13-27-19(22(21)28(20)23(30)16-9-6-10-16)12-11-17(24(27)31)15-7-4-3-5-8-15/h3-5,7-8,11-12,16,18,20-22,29H,6,9-10,13-14H2,1-2H3/t18-,20-,21+,22+/m1/s1. The van der Waals surface area contributed by atoms with Crippen LogP contribution >= 0.6 is 0 Å². The molecular formula is C25H29N3O4. The molecule has 168 valence electrons. The number of pyridine rings is 1. The van der Waals surface area contributed by atoms with Crippen LogP contribution in [0.15, 0.2) is 47.3 Å². The molecule has 32 heavy (non-hydrogen) atoms. The lowest BCUT2D eigenvalue weighted by molar-refractivity contribution is -0.144. The highest BCUT2D eigenvalue weighted by Gasteiger charge is 2.58. The van der Waals surface area contributed by atoms with Crippen LogP contribution in [0, 0.1) is 17.8 Å². The molecule has 7 nitrogen and oxygen atoms in total. The Bertz CT molecular complexity index is 1110. The maximum atomic E-state index is 13.5. The molecule has 5 rings (SSSR count). The lowest BCUT2D eigenvalue weighted by atomic mass is 9.83. The van der Waals surface area contributed by atoms with Crippen molar-refractivity contribution in [1.82, 2.24) is 14.4 Å². The molecule has 1 N–H and O–H groups in total. The van der Waals surface area contributed by atoms with E-state index in [-0.39, 0.29) is 35.9 Å². The molecule has 4 atom stereocenters. The van der Waals surface area contributed by atoms with Crippen LogP contribution in [0.1, 0.15) is 31.0 Å². The van der Waals surface area contributed by atoms with Crippen LogP contribution in [0.5, 0.6) is 0 Å². The minimum Gasteiger partial charge on any atom is -0.396 e. The topological polar surface area (TPSA) is 82.8 Å². The van der Waals surface area contributed by atoms with Crippen LogP contribution in [0.3, 0.4) is 0 Å². The fraction of sp³-hybridized carbons (Fsp3) is 0.480. The molecule has 1 saturated carbocycles. The van der Waals surface area contributed by atoms with Crippen LogP contribution in [0.4, 0.5) is 0 Å². The van der Waals surface area contributed by atoms with E-state index < -0.39 is 17.9 Å². The minimum absolute atomic E-state index is 0.0191. The first-order valence-electron chi connectivity index (χ1n) is 11.4. The summed E-state index contributed by atoms with van der Waals surface area (Å²) in [5, 5.41) is 10.3. The van der Waals surface area contributed by atoms with Gasteiger partial charge in [0.2, 0.25) is 11.8 Å². The van der Waals surface area contributed by atoms with E-state index in [0.29, 0.717) is 17.8 Å². The molecule has 0 spiro atoms. The van der Waals surface area contributed by atoms with Gasteiger partial charge in [-0.15, -0.1) is 0 Å². The SMILES string of the molecule is CN(C)C(=O)[C@H]1[C@H](CO)[C@H]2Cn3c(ccc(-c4ccccc4)c3=O)[C@@H]1N2C(=O)C1CCC1. The Kier molecular flexibility index (Phi) is 5.16. The van der Waals surface area contributed by atoms with Crippen LogP contribution in [-0.2, 0) is 16.1 Å². The van der Waals surface area contributed by atoms with Gasteiger partial charge in [0.05, 0.1) is 18.0 Å². The number of hydrogen-bond acceptors (Lipinski definition) is 4. The second kappa shape index (κ2) is 7.89. The first kappa shape index (κ1) is 20.9. The molecule has 2 amide bonds. The molecule has 0 radical (unpaired) electrons. The molecule has 2 bridgehead atoms. The zero-order chi connectivity index (χ0) is 22.6. The van der Waals surface area contributed by atoms with Gasteiger partial charge >= 0.3 is 0 Å². The maximum Gasteiger partial charge on any atom is 0.258 e. The predicted molar refractivity (Wildman–Crippen MR) is 120 cm³/mol. The first-order valence-corrected chi connectivity index (χ1v) is 11.4. The third kappa shape index (κ3) is 3.02. The summed E-state index contributed by atoms with van der Waals surface area (Å²) >= 11 is 0. The molecule has 7 heteroatoms. The molecule has 2 aromatic rings. The Labute approximate surface area is 187 Å². The second-order valence-corrected chi connectivity index (χ2v) is 9.44. The molecule has 3 heterocycles. The number of benzene rings is 1. The van der Waals surface area contributed by atoms with Gasteiger partial charge in [0.15, 0.2) is 0 Å². The summed E-state index contributed by atoms with van der Waals surface area (Å²) in [4.78, 5) is 43.6. The quantitative estimate of drug-likeness (QED) is 0.795. The summed E-state index contributed by atoms with van der Waals surface area (Å²) in [6.45, 7) is 0.0976. The molecule has 1 saturated heterocycles.